The first kappa shape index (κ1) is 16.5. The Morgan fingerprint density at radius 1 is 1.30 bits per heavy atom. The number of ether oxygens (including phenoxy) is 1. The molecular weight excluding hydrogens is 290 g/mol. The summed E-state index contributed by atoms with van der Waals surface area (Å²) in [6, 6.07) is 0.420. The molecule has 0 bridgehead atoms. The van der Waals surface area contributed by atoms with Crippen molar-refractivity contribution in [2.45, 2.75) is 77.0 Å². The lowest BCUT2D eigenvalue weighted by atomic mass is 10.0. The highest BCUT2D eigenvalue weighted by Gasteiger charge is 2.30. The highest BCUT2D eigenvalue weighted by molar-refractivity contribution is 5.81. The molecule has 3 rings (SSSR count). The van der Waals surface area contributed by atoms with E-state index in [2.05, 4.69) is 29.8 Å². The molecule has 2 heterocycles. The van der Waals surface area contributed by atoms with E-state index in [1.165, 1.54) is 18.4 Å². The Kier molecular flexibility index (Phi) is 5.36. The molecule has 1 saturated carbocycles. The minimum atomic E-state index is -0.249. The van der Waals surface area contributed by atoms with Crippen LogP contribution in [0.4, 0.5) is 0 Å². The Labute approximate surface area is 139 Å². The maximum atomic E-state index is 12.7. The highest BCUT2D eigenvalue weighted by Crippen LogP contribution is 2.26. The van der Waals surface area contributed by atoms with Gasteiger partial charge in [-0.3, -0.25) is 9.48 Å². The van der Waals surface area contributed by atoms with Gasteiger partial charge in [0.1, 0.15) is 6.10 Å². The van der Waals surface area contributed by atoms with Crippen molar-refractivity contribution in [3.05, 3.63) is 18.0 Å². The Balaban J connectivity index is 1.52. The number of likely N-dealkylation sites (tertiary alicyclic amines) is 1. The number of aryl methyl sites for hydroxylation is 1. The van der Waals surface area contributed by atoms with Crippen molar-refractivity contribution in [2.75, 3.05) is 13.1 Å². The van der Waals surface area contributed by atoms with Gasteiger partial charge in [-0.25, -0.2) is 0 Å². The molecule has 0 radical (unpaired) electrons. The molecule has 1 atom stereocenters. The van der Waals surface area contributed by atoms with Gasteiger partial charge < -0.3 is 9.64 Å². The fourth-order valence-corrected chi connectivity index (χ4v) is 3.77. The molecule has 23 heavy (non-hydrogen) atoms. The smallest absolute Gasteiger partial charge is 0.251 e. The van der Waals surface area contributed by atoms with Crippen LogP contribution in [0.25, 0.3) is 0 Å². The van der Waals surface area contributed by atoms with E-state index in [4.69, 9.17) is 4.74 Å². The second-order valence-corrected chi connectivity index (χ2v) is 6.99. The molecule has 1 aromatic rings. The molecule has 0 N–H and O–H groups in total. The van der Waals surface area contributed by atoms with E-state index in [0.29, 0.717) is 12.1 Å². The Bertz CT molecular complexity index is 514. The third-order valence-electron chi connectivity index (χ3n) is 5.19. The molecule has 128 valence electrons. The number of nitrogens with zero attached hydrogens (tertiary/aromatic N) is 3. The zero-order valence-electron chi connectivity index (χ0n) is 14.4. The van der Waals surface area contributed by atoms with Crippen LogP contribution in [0.15, 0.2) is 12.4 Å². The predicted molar refractivity (Wildman–Crippen MR) is 89.2 cm³/mol. The summed E-state index contributed by atoms with van der Waals surface area (Å²) in [5.41, 5.74) is 1.19. The molecule has 0 spiro atoms. The maximum absolute atomic E-state index is 12.7. The van der Waals surface area contributed by atoms with E-state index >= 15 is 0 Å². The lowest BCUT2D eigenvalue weighted by Gasteiger charge is -2.34. The topological polar surface area (TPSA) is 47.4 Å². The second kappa shape index (κ2) is 7.47. The van der Waals surface area contributed by atoms with Crippen LogP contribution in [0, 0.1) is 6.92 Å². The summed E-state index contributed by atoms with van der Waals surface area (Å²) in [6.45, 7) is 5.74. The van der Waals surface area contributed by atoms with Gasteiger partial charge in [-0.15, -0.1) is 0 Å². The van der Waals surface area contributed by atoms with Crippen LogP contribution < -0.4 is 0 Å². The molecule has 1 aliphatic heterocycles. The molecule has 0 unspecified atom stereocenters. The molecular formula is C18H29N3O2. The minimum Gasteiger partial charge on any atom is -0.365 e. The zero-order valence-corrected chi connectivity index (χ0v) is 14.4. The van der Waals surface area contributed by atoms with Crippen LogP contribution in [-0.2, 0) is 9.53 Å². The summed E-state index contributed by atoms with van der Waals surface area (Å²) in [5.74, 6) is 0.189. The highest BCUT2D eigenvalue weighted by atomic mass is 16.5. The van der Waals surface area contributed by atoms with Gasteiger partial charge in [0.2, 0.25) is 0 Å². The third-order valence-corrected chi connectivity index (χ3v) is 5.19. The summed E-state index contributed by atoms with van der Waals surface area (Å²) in [7, 11) is 0. The van der Waals surface area contributed by atoms with Crippen LogP contribution >= 0.6 is 0 Å². The maximum Gasteiger partial charge on any atom is 0.251 e. The predicted octanol–water partition coefficient (Wildman–Crippen LogP) is 3.09. The van der Waals surface area contributed by atoms with Gasteiger partial charge in [-0.2, -0.15) is 5.10 Å². The van der Waals surface area contributed by atoms with Crippen molar-refractivity contribution in [1.82, 2.24) is 14.7 Å². The first-order chi connectivity index (χ1) is 11.2. The van der Waals surface area contributed by atoms with Crippen LogP contribution in [0.2, 0.25) is 0 Å². The summed E-state index contributed by atoms with van der Waals surface area (Å²) in [6.07, 6.45) is 11.5. The van der Waals surface area contributed by atoms with Crippen molar-refractivity contribution >= 4 is 5.91 Å². The van der Waals surface area contributed by atoms with E-state index in [1.807, 2.05) is 11.1 Å². The van der Waals surface area contributed by atoms with Crippen molar-refractivity contribution < 1.29 is 9.53 Å². The van der Waals surface area contributed by atoms with Gasteiger partial charge >= 0.3 is 0 Å². The number of carbonyl (C=O) groups is 1. The molecule has 1 saturated heterocycles. The average molecular weight is 319 g/mol. The van der Waals surface area contributed by atoms with Crippen molar-refractivity contribution in [3.63, 3.8) is 0 Å². The molecule has 5 nitrogen and oxygen atoms in total. The summed E-state index contributed by atoms with van der Waals surface area (Å²) < 4.78 is 8.14. The molecule has 1 aromatic heterocycles. The Morgan fingerprint density at radius 3 is 2.57 bits per heavy atom. The van der Waals surface area contributed by atoms with E-state index in [0.717, 1.165) is 45.2 Å². The van der Waals surface area contributed by atoms with Crippen LogP contribution in [-0.4, -0.2) is 45.9 Å². The lowest BCUT2D eigenvalue weighted by Crippen LogP contribution is -2.45. The number of hydrogen-bond acceptors (Lipinski definition) is 3. The number of rotatable bonds is 5. The van der Waals surface area contributed by atoms with Crippen LogP contribution in [0.1, 0.15) is 63.5 Å². The van der Waals surface area contributed by atoms with Gasteiger partial charge in [-0.05, 0) is 44.6 Å². The van der Waals surface area contributed by atoms with E-state index in [1.54, 1.807) is 0 Å². The molecule has 0 aromatic carbocycles. The summed E-state index contributed by atoms with van der Waals surface area (Å²) in [5, 5.41) is 4.42. The fourth-order valence-electron chi connectivity index (χ4n) is 3.77. The molecule has 5 heteroatoms. The van der Waals surface area contributed by atoms with Crippen LogP contribution in [0.5, 0.6) is 0 Å². The average Bonchev–Trinajstić information content (AvgIpc) is 3.23. The molecule has 1 aliphatic carbocycles. The molecule has 2 fully saturated rings. The minimum absolute atomic E-state index is 0.189. The normalized spacial score (nSPS) is 21.7. The number of aromatic nitrogens is 2. The quantitative estimate of drug-likeness (QED) is 0.838. The van der Waals surface area contributed by atoms with E-state index < -0.39 is 0 Å². The fraction of sp³-hybridized carbons (Fsp3) is 0.778. The van der Waals surface area contributed by atoms with Crippen molar-refractivity contribution in [1.29, 1.82) is 0 Å². The van der Waals surface area contributed by atoms with Gasteiger partial charge in [0, 0.05) is 19.3 Å². The van der Waals surface area contributed by atoms with Gasteiger partial charge in [-0.1, -0.05) is 19.8 Å². The van der Waals surface area contributed by atoms with Crippen molar-refractivity contribution in [2.24, 2.45) is 0 Å². The first-order valence-electron chi connectivity index (χ1n) is 9.12. The standard InChI is InChI=1S/C18H29N3O2/c1-3-17(23-16-6-4-5-7-16)18(22)20-10-8-15(9-11-20)21-13-14(2)12-19-21/h12-13,15-17H,3-11H2,1-2H3/t17-/m0/s1. The van der Waals surface area contributed by atoms with Gasteiger partial charge in [0.15, 0.2) is 0 Å². The zero-order chi connectivity index (χ0) is 16.2. The first-order valence-corrected chi connectivity index (χ1v) is 9.12. The van der Waals surface area contributed by atoms with Gasteiger partial charge in [0.05, 0.1) is 18.3 Å². The molecule has 2 aliphatic rings. The summed E-state index contributed by atoms with van der Waals surface area (Å²) >= 11 is 0. The number of hydrogen-bond donors (Lipinski definition) is 0. The SMILES string of the molecule is CC[C@H](OC1CCCC1)C(=O)N1CCC(n2cc(C)cn2)CC1. The Hall–Kier alpha value is -1.36. The second-order valence-electron chi connectivity index (χ2n) is 6.99. The van der Waals surface area contributed by atoms with E-state index in [-0.39, 0.29) is 12.0 Å². The molecule has 1 amide bonds. The lowest BCUT2D eigenvalue weighted by molar-refractivity contribution is -0.149. The Morgan fingerprint density at radius 2 is 2.00 bits per heavy atom. The number of amides is 1. The number of carbonyl (C=O) groups excluding carboxylic acids is 1. The van der Waals surface area contributed by atoms with Gasteiger partial charge in [0.25, 0.3) is 5.91 Å². The monoisotopic (exact) mass is 319 g/mol. The largest absolute Gasteiger partial charge is 0.365 e. The number of piperidine rings is 1. The van der Waals surface area contributed by atoms with Crippen molar-refractivity contribution in [3.8, 4) is 0 Å². The van der Waals surface area contributed by atoms with E-state index in [9.17, 15) is 4.79 Å². The van der Waals surface area contributed by atoms with Crippen LogP contribution in [0.3, 0.4) is 0 Å². The third kappa shape index (κ3) is 3.94. The summed E-state index contributed by atoms with van der Waals surface area (Å²) in [4.78, 5) is 14.7.